The van der Waals surface area contributed by atoms with E-state index in [4.69, 9.17) is 9.47 Å². The molecule has 0 heterocycles. The molecule has 186 valence electrons. The highest BCUT2D eigenvalue weighted by Crippen LogP contribution is 2.14. The first-order valence-corrected chi connectivity index (χ1v) is 13.2. The van der Waals surface area contributed by atoms with Crippen molar-refractivity contribution in [2.75, 3.05) is 13.2 Å². The second-order valence-electron chi connectivity index (χ2n) is 8.88. The molecule has 0 aliphatic rings. The fourth-order valence-corrected chi connectivity index (χ4v) is 3.78. The van der Waals surface area contributed by atoms with Crippen LogP contribution in [0.15, 0.2) is 36.9 Å². The lowest BCUT2D eigenvalue weighted by Gasteiger charge is -2.07. The summed E-state index contributed by atoms with van der Waals surface area (Å²) in [6, 6.07) is 6.42. The maximum absolute atomic E-state index is 12.1. The van der Waals surface area contributed by atoms with Crippen LogP contribution in [-0.2, 0) is 9.47 Å². The minimum Gasteiger partial charge on any atom is -0.462 e. The Bertz CT molecular complexity index is 636. The Hall–Kier alpha value is -2.10. The summed E-state index contributed by atoms with van der Waals surface area (Å²) in [6.45, 7) is 6.62. The second-order valence-corrected chi connectivity index (χ2v) is 8.88. The number of unbranched alkanes of at least 4 members (excludes halogenated alkanes) is 14. The molecule has 0 aliphatic heterocycles. The van der Waals surface area contributed by atoms with Gasteiger partial charge in [0.25, 0.3) is 0 Å². The Balaban J connectivity index is 1.96. The average molecular weight is 459 g/mol. The zero-order valence-corrected chi connectivity index (χ0v) is 21.0. The van der Waals surface area contributed by atoms with Crippen molar-refractivity contribution in [3.05, 3.63) is 48.0 Å². The van der Waals surface area contributed by atoms with Crippen molar-refractivity contribution in [2.45, 2.75) is 110 Å². The molecule has 4 heteroatoms. The third-order valence-corrected chi connectivity index (χ3v) is 5.89. The lowest BCUT2D eigenvalue weighted by atomic mass is 10.0. The number of carbonyl (C=O) groups is 2. The van der Waals surface area contributed by atoms with Gasteiger partial charge in [-0.05, 0) is 37.1 Å². The molecular formula is C29H46O4. The predicted molar refractivity (Wildman–Crippen MR) is 137 cm³/mol. The molecule has 0 unspecified atom stereocenters. The molecule has 0 saturated heterocycles. The summed E-state index contributed by atoms with van der Waals surface area (Å²) in [4.78, 5) is 24.0. The van der Waals surface area contributed by atoms with E-state index in [1.165, 1.54) is 83.5 Å². The van der Waals surface area contributed by atoms with Crippen molar-refractivity contribution in [1.29, 1.82) is 0 Å². The minimum atomic E-state index is -0.394. The van der Waals surface area contributed by atoms with Crippen molar-refractivity contribution in [1.82, 2.24) is 0 Å². The Kier molecular flexibility index (Phi) is 18.0. The molecular weight excluding hydrogens is 412 g/mol. The maximum atomic E-state index is 12.1. The molecule has 0 N–H and O–H groups in total. The van der Waals surface area contributed by atoms with E-state index >= 15 is 0 Å². The van der Waals surface area contributed by atoms with Crippen LogP contribution in [0.3, 0.4) is 0 Å². The molecule has 1 aromatic carbocycles. The van der Waals surface area contributed by atoms with Crippen LogP contribution in [0.5, 0.6) is 0 Å². The first kappa shape index (κ1) is 28.9. The van der Waals surface area contributed by atoms with Gasteiger partial charge in [0.05, 0.1) is 24.3 Å². The van der Waals surface area contributed by atoms with Crippen LogP contribution in [0.4, 0.5) is 0 Å². The van der Waals surface area contributed by atoms with Crippen molar-refractivity contribution in [3.8, 4) is 0 Å². The highest BCUT2D eigenvalue weighted by atomic mass is 16.5. The second kappa shape index (κ2) is 20.5. The van der Waals surface area contributed by atoms with Crippen LogP contribution in [0.25, 0.3) is 0 Å². The molecule has 0 spiro atoms. The molecule has 0 atom stereocenters. The molecule has 0 fully saturated rings. The number of esters is 2. The van der Waals surface area contributed by atoms with E-state index < -0.39 is 5.97 Å². The molecule has 1 rings (SSSR count). The van der Waals surface area contributed by atoms with Crippen LogP contribution in [0.2, 0.25) is 0 Å². The van der Waals surface area contributed by atoms with Crippen molar-refractivity contribution in [3.63, 3.8) is 0 Å². The standard InChI is InChI=1S/C29H46O4/c1-3-5-7-8-9-10-11-12-13-14-15-16-17-18-19-25-33-29(31)27-22-20-26(21-23-27)28(30)32-24-6-4-2/h4,20-23H,2-3,5-19,24-25H2,1H3. The summed E-state index contributed by atoms with van der Waals surface area (Å²) < 4.78 is 10.5. The quantitative estimate of drug-likeness (QED) is 0.105. The van der Waals surface area contributed by atoms with E-state index in [1.807, 2.05) is 0 Å². The summed E-state index contributed by atoms with van der Waals surface area (Å²) in [5.74, 6) is -0.735. The van der Waals surface area contributed by atoms with Crippen LogP contribution >= 0.6 is 0 Å². The van der Waals surface area contributed by atoms with Gasteiger partial charge in [0.15, 0.2) is 0 Å². The van der Waals surface area contributed by atoms with E-state index in [2.05, 4.69) is 13.5 Å². The number of ether oxygens (including phenoxy) is 2. The van der Waals surface area contributed by atoms with Gasteiger partial charge in [-0.15, -0.1) is 6.58 Å². The van der Waals surface area contributed by atoms with Gasteiger partial charge in [-0.1, -0.05) is 103 Å². The summed E-state index contributed by atoms with van der Waals surface area (Å²) >= 11 is 0. The smallest absolute Gasteiger partial charge is 0.338 e. The zero-order chi connectivity index (χ0) is 24.0. The molecule has 33 heavy (non-hydrogen) atoms. The Labute approximate surface area is 202 Å². The number of hydrogen-bond donors (Lipinski definition) is 0. The van der Waals surface area contributed by atoms with Gasteiger partial charge < -0.3 is 9.47 Å². The van der Waals surface area contributed by atoms with Gasteiger partial charge >= 0.3 is 11.9 Å². The third kappa shape index (κ3) is 15.4. The molecule has 4 nitrogen and oxygen atoms in total. The van der Waals surface area contributed by atoms with E-state index in [0.717, 1.165) is 12.8 Å². The SMILES string of the molecule is C=CCCOC(=O)c1ccc(C(=O)OCCCCCCCCCCCCCCCCC)cc1. The molecule has 0 aromatic heterocycles. The first-order chi connectivity index (χ1) is 16.2. The fraction of sp³-hybridized carbons (Fsp3) is 0.655. The summed E-state index contributed by atoms with van der Waals surface area (Å²) in [5.41, 5.74) is 0.886. The van der Waals surface area contributed by atoms with Gasteiger partial charge in [0.1, 0.15) is 0 Å². The molecule has 1 aromatic rings. The van der Waals surface area contributed by atoms with E-state index in [9.17, 15) is 9.59 Å². The van der Waals surface area contributed by atoms with Gasteiger partial charge in [0.2, 0.25) is 0 Å². The van der Waals surface area contributed by atoms with Crippen molar-refractivity contribution in [2.24, 2.45) is 0 Å². The van der Waals surface area contributed by atoms with E-state index in [-0.39, 0.29) is 5.97 Å². The van der Waals surface area contributed by atoms with Gasteiger partial charge in [0, 0.05) is 0 Å². The number of benzene rings is 1. The minimum absolute atomic E-state index is 0.311. The van der Waals surface area contributed by atoms with E-state index in [0.29, 0.717) is 30.8 Å². The van der Waals surface area contributed by atoms with Crippen LogP contribution in [0.1, 0.15) is 130 Å². The first-order valence-electron chi connectivity index (χ1n) is 13.2. The number of rotatable bonds is 21. The number of hydrogen-bond acceptors (Lipinski definition) is 4. The predicted octanol–water partition coefficient (Wildman–Crippen LogP) is 8.45. The average Bonchev–Trinajstić information content (AvgIpc) is 2.83. The fourth-order valence-electron chi connectivity index (χ4n) is 3.78. The van der Waals surface area contributed by atoms with Crippen LogP contribution in [-0.4, -0.2) is 25.2 Å². The van der Waals surface area contributed by atoms with Crippen molar-refractivity contribution >= 4 is 11.9 Å². The largest absolute Gasteiger partial charge is 0.462 e. The summed E-state index contributed by atoms with van der Waals surface area (Å²) in [5, 5.41) is 0. The Morgan fingerprint density at radius 1 is 0.636 bits per heavy atom. The highest BCUT2D eigenvalue weighted by Gasteiger charge is 2.10. The normalized spacial score (nSPS) is 10.7. The monoisotopic (exact) mass is 458 g/mol. The molecule has 0 amide bonds. The lowest BCUT2D eigenvalue weighted by molar-refractivity contribution is 0.0488. The van der Waals surface area contributed by atoms with Gasteiger partial charge in [-0.3, -0.25) is 0 Å². The molecule has 0 saturated carbocycles. The maximum Gasteiger partial charge on any atom is 0.338 e. The molecule has 0 bridgehead atoms. The van der Waals surface area contributed by atoms with Crippen molar-refractivity contribution < 1.29 is 19.1 Å². The van der Waals surface area contributed by atoms with E-state index in [1.54, 1.807) is 30.3 Å². The molecule has 0 aliphatic carbocycles. The van der Waals surface area contributed by atoms with Gasteiger partial charge in [-0.2, -0.15) is 0 Å². The van der Waals surface area contributed by atoms with Crippen LogP contribution in [0, 0.1) is 0 Å². The Morgan fingerprint density at radius 3 is 1.39 bits per heavy atom. The molecule has 0 radical (unpaired) electrons. The summed E-state index contributed by atoms with van der Waals surface area (Å²) in [7, 11) is 0. The lowest BCUT2D eigenvalue weighted by Crippen LogP contribution is -2.09. The Morgan fingerprint density at radius 2 is 1.00 bits per heavy atom. The van der Waals surface area contributed by atoms with Gasteiger partial charge in [-0.25, -0.2) is 9.59 Å². The number of carbonyl (C=O) groups excluding carboxylic acids is 2. The topological polar surface area (TPSA) is 52.6 Å². The summed E-state index contributed by atoms with van der Waals surface area (Å²) in [6.07, 6.45) is 22.0. The zero-order valence-electron chi connectivity index (χ0n) is 21.0. The van der Waals surface area contributed by atoms with Crippen LogP contribution < -0.4 is 0 Å². The third-order valence-electron chi connectivity index (χ3n) is 5.89. The highest BCUT2D eigenvalue weighted by molar-refractivity contribution is 5.93.